The molecular weight excluding hydrogens is 244 g/mol. The Morgan fingerprint density at radius 2 is 2.37 bits per heavy atom. The molecule has 2 aromatic heterocycles. The Labute approximate surface area is 111 Å². The maximum atomic E-state index is 12.5. The molecule has 0 spiro atoms. The highest BCUT2D eigenvalue weighted by Gasteiger charge is 2.34. The van der Waals surface area contributed by atoms with Crippen LogP contribution in [0.2, 0.25) is 0 Å². The third-order valence-electron chi connectivity index (χ3n) is 3.52. The maximum Gasteiger partial charge on any atom is 0.271 e. The number of aryl methyl sites for hydroxylation is 2. The lowest BCUT2D eigenvalue weighted by molar-refractivity contribution is 0.0718. The molecule has 0 radical (unpaired) electrons. The van der Waals surface area contributed by atoms with Crippen LogP contribution < -0.4 is 0 Å². The molecule has 1 saturated heterocycles. The predicted molar refractivity (Wildman–Crippen MR) is 67.5 cm³/mol. The van der Waals surface area contributed by atoms with Crippen molar-refractivity contribution in [2.24, 2.45) is 7.05 Å². The fourth-order valence-electron chi connectivity index (χ4n) is 2.56. The van der Waals surface area contributed by atoms with Gasteiger partial charge in [0, 0.05) is 26.7 Å². The molecule has 1 unspecified atom stereocenters. The SMILES string of the molecule is Cc1nc(C2CCCN2C(=O)c2cccn2C)no1. The summed E-state index contributed by atoms with van der Waals surface area (Å²) >= 11 is 0. The van der Waals surface area contributed by atoms with Gasteiger partial charge < -0.3 is 14.0 Å². The highest BCUT2D eigenvalue weighted by atomic mass is 16.5. The number of likely N-dealkylation sites (tertiary alicyclic amines) is 1. The van der Waals surface area contributed by atoms with Gasteiger partial charge in [-0.2, -0.15) is 4.98 Å². The van der Waals surface area contributed by atoms with E-state index in [0.29, 0.717) is 17.4 Å². The zero-order valence-electron chi connectivity index (χ0n) is 11.0. The highest BCUT2D eigenvalue weighted by Crippen LogP contribution is 2.31. The average Bonchev–Trinajstić information content (AvgIpc) is 3.07. The number of amides is 1. The molecule has 3 rings (SSSR count). The molecular formula is C13H16N4O2. The molecule has 6 heteroatoms. The molecule has 1 fully saturated rings. The van der Waals surface area contributed by atoms with E-state index in [2.05, 4.69) is 10.1 Å². The quantitative estimate of drug-likeness (QED) is 0.824. The first kappa shape index (κ1) is 12.0. The molecule has 1 aliphatic rings. The first-order chi connectivity index (χ1) is 9.16. The number of carbonyl (C=O) groups excluding carboxylic acids is 1. The molecule has 1 atom stereocenters. The van der Waals surface area contributed by atoms with Crippen LogP contribution in [0.4, 0.5) is 0 Å². The van der Waals surface area contributed by atoms with Crippen molar-refractivity contribution in [1.29, 1.82) is 0 Å². The Balaban J connectivity index is 1.88. The monoisotopic (exact) mass is 260 g/mol. The molecule has 0 aromatic carbocycles. The predicted octanol–water partition coefficient (Wildman–Crippen LogP) is 1.69. The van der Waals surface area contributed by atoms with E-state index in [1.165, 1.54) is 0 Å². The van der Waals surface area contributed by atoms with Gasteiger partial charge in [-0.1, -0.05) is 5.16 Å². The van der Waals surface area contributed by atoms with E-state index >= 15 is 0 Å². The van der Waals surface area contributed by atoms with Crippen molar-refractivity contribution in [3.63, 3.8) is 0 Å². The summed E-state index contributed by atoms with van der Waals surface area (Å²) in [5.74, 6) is 1.17. The minimum Gasteiger partial charge on any atom is -0.347 e. The Hall–Kier alpha value is -2.11. The first-order valence-corrected chi connectivity index (χ1v) is 6.39. The Morgan fingerprint density at radius 3 is 3.00 bits per heavy atom. The fourth-order valence-corrected chi connectivity index (χ4v) is 2.56. The van der Waals surface area contributed by atoms with E-state index in [-0.39, 0.29) is 11.9 Å². The van der Waals surface area contributed by atoms with Crippen LogP contribution in [0, 0.1) is 6.92 Å². The van der Waals surface area contributed by atoms with E-state index in [0.717, 1.165) is 19.4 Å². The van der Waals surface area contributed by atoms with Crippen LogP contribution in [0.15, 0.2) is 22.9 Å². The Kier molecular flexibility index (Phi) is 2.85. The summed E-state index contributed by atoms with van der Waals surface area (Å²) in [6.45, 7) is 2.50. The summed E-state index contributed by atoms with van der Waals surface area (Å²) in [5.41, 5.74) is 0.687. The first-order valence-electron chi connectivity index (χ1n) is 6.39. The van der Waals surface area contributed by atoms with E-state index in [1.807, 2.05) is 34.8 Å². The molecule has 0 bridgehead atoms. The minimum absolute atomic E-state index is 0.0254. The van der Waals surface area contributed by atoms with Gasteiger partial charge in [0.2, 0.25) is 5.89 Å². The molecule has 100 valence electrons. The summed E-state index contributed by atoms with van der Waals surface area (Å²) in [6.07, 6.45) is 3.72. The van der Waals surface area contributed by atoms with E-state index in [9.17, 15) is 4.79 Å². The van der Waals surface area contributed by atoms with Gasteiger partial charge in [0.15, 0.2) is 5.82 Å². The van der Waals surface area contributed by atoms with Gasteiger partial charge in [-0.25, -0.2) is 0 Å². The van der Waals surface area contributed by atoms with Gasteiger partial charge in [-0.05, 0) is 25.0 Å². The van der Waals surface area contributed by atoms with Crippen LogP contribution in [0.25, 0.3) is 0 Å². The van der Waals surface area contributed by atoms with Gasteiger partial charge >= 0.3 is 0 Å². The van der Waals surface area contributed by atoms with Crippen molar-refractivity contribution in [2.45, 2.75) is 25.8 Å². The zero-order valence-corrected chi connectivity index (χ0v) is 11.0. The molecule has 6 nitrogen and oxygen atoms in total. The lowest BCUT2D eigenvalue weighted by Gasteiger charge is -2.22. The Morgan fingerprint density at radius 1 is 1.53 bits per heavy atom. The van der Waals surface area contributed by atoms with Crippen molar-refractivity contribution >= 4 is 5.91 Å². The van der Waals surface area contributed by atoms with E-state index in [1.54, 1.807) is 6.92 Å². The molecule has 0 aliphatic carbocycles. The highest BCUT2D eigenvalue weighted by molar-refractivity contribution is 5.93. The fraction of sp³-hybridized carbons (Fsp3) is 0.462. The van der Waals surface area contributed by atoms with Crippen molar-refractivity contribution in [1.82, 2.24) is 19.6 Å². The molecule has 3 heterocycles. The number of rotatable bonds is 2. The van der Waals surface area contributed by atoms with Crippen LogP contribution in [0.1, 0.15) is 41.1 Å². The van der Waals surface area contributed by atoms with Crippen LogP contribution in [0.5, 0.6) is 0 Å². The number of hydrogen-bond acceptors (Lipinski definition) is 4. The lowest BCUT2D eigenvalue weighted by atomic mass is 10.2. The smallest absolute Gasteiger partial charge is 0.271 e. The second kappa shape index (κ2) is 4.53. The van der Waals surface area contributed by atoms with Gasteiger partial charge in [-0.3, -0.25) is 4.79 Å². The third-order valence-corrected chi connectivity index (χ3v) is 3.52. The van der Waals surface area contributed by atoms with Gasteiger partial charge in [0.1, 0.15) is 5.69 Å². The summed E-state index contributed by atoms with van der Waals surface area (Å²) in [7, 11) is 1.87. The van der Waals surface area contributed by atoms with Crippen LogP contribution in [0.3, 0.4) is 0 Å². The zero-order chi connectivity index (χ0) is 13.4. The summed E-state index contributed by atoms with van der Waals surface area (Å²) in [6, 6.07) is 3.63. The van der Waals surface area contributed by atoms with Gasteiger partial charge in [0.05, 0.1) is 6.04 Å². The van der Waals surface area contributed by atoms with Gasteiger partial charge in [0.25, 0.3) is 5.91 Å². The summed E-state index contributed by atoms with van der Waals surface area (Å²) < 4.78 is 6.85. The summed E-state index contributed by atoms with van der Waals surface area (Å²) in [4.78, 5) is 18.6. The number of carbonyl (C=O) groups is 1. The van der Waals surface area contributed by atoms with Crippen molar-refractivity contribution in [2.75, 3.05) is 6.54 Å². The van der Waals surface area contributed by atoms with E-state index in [4.69, 9.17) is 4.52 Å². The van der Waals surface area contributed by atoms with Crippen LogP contribution in [-0.4, -0.2) is 32.1 Å². The van der Waals surface area contributed by atoms with Crippen molar-refractivity contribution in [3.8, 4) is 0 Å². The van der Waals surface area contributed by atoms with Crippen molar-refractivity contribution < 1.29 is 9.32 Å². The third kappa shape index (κ3) is 2.03. The second-order valence-electron chi connectivity index (χ2n) is 4.83. The normalized spacial score (nSPS) is 19.1. The van der Waals surface area contributed by atoms with Gasteiger partial charge in [-0.15, -0.1) is 0 Å². The molecule has 2 aromatic rings. The molecule has 19 heavy (non-hydrogen) atoms. The summed E-state index contributed by atoms with van der Waals surface area (Å²) in [5, 5.41) is 3.95. The number of hydrogen-bond donors (Lipinski definition) is 0. The minimum atomic E-state index is -0.0696. The standard InChI is InChI=1S/C13H16N4O2/c1-9-14-12(15-19-9)10-5-4-8-17(10)13(18)11-6-3-7-16(11)2/h3,6-7,10H,4-5,8H2,1-2H3. The largest absolute Gasteiger partial charge is 0.347 e. The lowest BCUT2D eigenvalue weighted by Crippen LogP contribution is -2.32. The van der Waals surface area contributed by atoms with Crippen LogP contribution in [-0.2, 0) is 7.05 Å². The molecule has 1 amide bonds. The molecule has 1 aliphatic heterocycles. The van der Waals surface area contributed by atoms with E-state index < -0.39 is 0 Å². The Bertz CT molecular complexity index is 601. The second-order valence-corrected chi connectivity index (χ2v) is 4.83. The topological polar surface area (TPSA) is 64.2 Å². The van der Waals surface area contributed by atoms with Crippen molar-refractivity contribution in [3.05, 3.63) is 35.7 Å². The maximum absolute atomic E-state index is 12.5. The molecule has 0 saturated carbocycles. The molecule has 0 N–H and O–H groups in total. The van der Waals surface area contributed by atoms with Crippen LogP contribution >= 0.6 is 0 Å². The average molecular weight is 260 g/mol. The number of nitrogens with zero attached hydrogens (tertiary/aromatic N) is 4. The number of aromatic nitrogens is 3.